The predicted molar refractivity (Wildman–Crippen MR) is 63.5 cm³/mol. The normalized spacial score (nSPS) is 12.2. The van der Waals surface area contributed by atoms with Gasteiger partial charge in [0, 0.05) is 4.47 Å². The average molecular weight is 257 g/mol. The third kappa shape index (κ3) is 2.58. The van der Waals surface area contributed by atoms with Crippen LogP contribution in [0.25, 0.3) is 0 Å². The molecule has 1 nitrogen and oxygen atoms in total. The standard InChI is InChI=1S/C12H17BrO/c1-8(2)10-6-5-9(13)7-11(10)12(3,4)14/h5-8,14H,1-4H3. The van der Waals surface area contributed by atoms with Crippen LogP contribution in [0.2, 0.25) is 0 Å². The van der Waals surface area contributed by atoms with Crippen molar-refractivity contribution in [1.29, 1.82) is 0 Å². The lowest BCUT2D eigenvalue weighted by molar-refractivity contribution is 0.0773. The molecule has 0 atom stereocenters. The summed E-state index contributed by atoms with van der Waals surface area (Å²) >= 11 is 3.43. The van der Waals surface area contributed by atoms with Gasteiger partial charge in [-0.25, -0.2) is 0 Å². The molecule has 78 valence electrons. The Morgan fingerprint density at radius 2 is 1.86 bits per heavy atom. The van der Waals surface area contributed by atoms with E-state index in [9.17, 15) is 5.11 Å². The zero-order valence-electron chi connectivity index (χ0n) is 9.13. The molecule has 0 saturated heterocycles. The van der Waals surface area contributed by atoms with Crippen molar-refractivity contribution in [2.75, 3.05) is 0 Å². The summed E-state index contributed by atoms with van der Waals surface area (Å²) in [6, 6.07) is 6.09. The fourth-order valence-corrected chi connectivity index (χ4v) is 1.92. The molecule has 1 aromatic carbocycles. The van der Waals surface area contributed by atoms with Crippen molar-refractivity contribution in [1.82, 2.24) is 0 Å². The Morgan fingerprint density at radius 1 is 1.29 bits per heavy atom. The molecule has 0 aliphatic heterocycles. The van der Waals surface area contributed by atoms with Crippen LogP contribution in [0.5, 0.6) is 0 Å². The Balaban J connectivity index is 3.30. The first kappa shape index (κ1) is 11.7. The molecular formula is C12H17BrO. The van der Waals surface area contributed by atoms with E-state index >= 15 is 0 Å². The van der Waals surface area contributed by atoms with E-state index in [0.717, 1.165) is 10.0 Å². The minimum Gasteiger partial charge on any atom is -0.386 e. The molecule has 0 bridgehead atoms. The molecule has 14 heavy (non-hydrogen) atoms. The first-order valence-corrected chi connectivity index (χ1v) is 5.64. The Morgan fingerprint density at radius 3 is 2.29 bits per heavy atom. The SMILES string of the molecule is CC(C)c1ccc(Br)cc1C(C)(C)O. The maximum Gasteiger partial charge on any atom is 0.0843 e. The van der Waals surface area contributed by atoms with Gasteiger partial charge in [-0.15, -0.1) is 0 Å². The highest BCUT2D eigenvalue weighted by molar-refractivity contribution is 9.10. The fourth-order valence-electron chi connectivity index (χ4n) is 1.56. The molecule has 0 saturated carbocycles. The number of halogens is 1. The van der Waals surface area contributed by atoms with E-state index in [0.29, 0.717) is 5.92 Å². The number of rotatable bonds is 2. The zero-order valence-corrected chi connectivity index (χ0v) is 10.7. The molecule has 2 heteroatoms. The third-order valence-electron chi connectivity index (χ3n) is 2.30. The van der Waals surface area contributed by atoms with E-state index in [1.165, 1.54) is 5.56 Å². The molecule has 1 N–H and O–H groups in total. The van der Waals surface area contributed by atoms with Crippen molar-refractivity contribution >= 4 is 15.9 Å². The van der Waals surface area contributed by atoms with Gasteiger partial charge in [0.1, 0.15) is 0 Å². The quantitative estimate of drug-likeness (QED) is 0.854. The summed E-state index contributed by atoms with van der Waals surface area (Å²) < 4.78 is 1.01. The highest BCUT2D eigenvalue weighted by Gasteiger charge is 2.21. The van der Waals surface area contributed by atoms with Crippen molar-refractivity contribution in [2.45, 2.75) is 39.2 Å². The monoisotopic (exact) mass is 256 g/mol. The van der Waals surface area contributed by atoms with Crippen molar-refractivity contribution in [2.24, 2.45) is 0 Å². The second-order valence-electron chi connectivity index (χ2n) is 4.45. The smallest absolute Gasteiger partial charge is 0.0843 e. The van der Waals surface area contributed by atoms with Crippen LogP contribution in [-0.4, -0.2) is 5.11 Å². The second-order valence-corrected chi connectivity index (χ2v) is 5.36. The molecule has 0 aliphatic rings. The first-order chi connectivity index (χ1) is 6.32. The van der Waals surface area contributed by atoms with Gasteiger partial charge in [-0.05, 0) is 43.0 Å². The third-order valence-corrected chi connectivity index (χ3v) is 2.79. The van der Waals surface area contributed by atoms with Gasteiger partial charge in [-0.2, -0.15) is 0 Å². The van der Waals surface area contributed by atoms with Gasteiger partial charge in [-0.1, -0.05) is 35.8 Å². The summed E-state index contributed by atoms with van der Waals surface area (Å²) in [6.07, 6.45) is 0. The lowest BCUT2D eigenvalue weighted by Gasteiger charge is -2.23. The lowest BCUT2D eigenvalue weighted by Crippen LogP contribution is -2.18. The molecule has 1 aromatic rings. The number of hydrogen-bond donors (Lipinski definition) is 1. The Bertz CT molecular complexity index is 324. The summed E-state index contributed by atoms with van der Waals surface area (Å²) in [5.74, 6) is 0.435. The topological polar surface area (TPSA) is 20.2 Å². The summed E-state index contributed by atoms with van der Waals surface area (Å²) in [4.78, 5) is 0. The van der Waals surface area contributed by atoms with Gasteiger partial charge in [0.05, 0.1) is 5.60 Å². The lowest BCUT2D eigenvalue weighted by atomic mass is 9.88. The first-order valence-electron chi connectivity index (χ1n) is 4.84. The van der Waals surface area contributed by atoms with Crippen LogP contribution in [0.3, 0.4) is 0 Å². The Hall–Kier alpha value is -0.340. The maximum atomic E-state index is 10.0. The van der Waals surface area contributed by atoms with E-state index in [-0.39, 0.29) is 0 Å². The molecule has 0 amide bonds. The Kier molecular flexibility index (Phi) is 3.38. The van der Waals surface area contributed by atoms with Crippen LogP contribution >= 0.6 is 15.9 Å². The van der Waals surface area contributed by atoms with Gasteiger partial charge in [0.25, 0.3) is 0 Å². The fraction of sp³-hybridized carbons (Fsp3) is 0.500. The molecule has 0 heterocycles. The van der Waals surface area contributed by atoms with Crippen LogP contribution < -0.4 is 0 Å². The largest absolute Gasteiger partial charge is 0.386 e. The molecule has 0 fully saturated rings. The number of hydrogen-bond acceptors (Lipinski definition) is 1. The van der Waals surface area contributed by atoms with E-state index in [2.05, 4.69) is 35.8 Å². The number of benzene rings is 1. The summed E-state index contributed by atoms with van der Waals surface area (Å²) in [5, 5.41) is 10.0. The minimum absolute atomic E-state index is 0.435. The minimum atomic E-state index is -0.774. The average Bonchev–Trinajstić information content (AvgIpc) is 2.01. The highest BCUT2D eigenvalue weighted by Crippen LogP contribution is 2.31. The maximum absolute atomic E-state index is 10.0. The van der Waals surface area contributed by atoms with Crippen LogP contribution in [0.4, 0.5) is 0 Å². The van der Waals surface area contributed by atoms with Crippen LogP contribution in [-0.2, 0) is 5.60 Å². The van der Waals surface area contributed by atoms with E-state index < -0.39 is 5.60 Å². The molecule has 0 radical (unpaired) electrons. The molecule has 0 aliphatic carbocycles. The molecule has 0 spiro atoms. The molecule has 0 aromatic heterocycles. The van der Waals surface area contributed by atoms with Gasteiger partial charge >= 0.3 is 0 Å². The van der Waals surface area contributed by atoms with Gasteiger partial charge in [-0.3, -0.25) is 0 Å². The zero-order chi connectivity index (χ0) is 10.9. The van der Waals surface area contributed by atoms with Crippen molar-refractivity contribution < 1.29 is 5.11 Å². The predicted octanol–water partition coefficient (Wildman–Crippen LogP) is 3.80. The molecule has 0 unspecified atom stereocenters. The van der Waals surface area contributed by atoms with E-state index in [4.69, 9.17) is 0 Å². The second kappa shape index (κ2) is 4.03. The van der Waals surface area contributed by atoms with Crippen LogP contribution in [0.15, 0.2) is 22.7 Å². The van der Waals surface area contributed by atoms with E-state index in [1.807, 2.05) is 26.0 Å². The van der Waals surface area contributed by atoms with Crippen molar-refractivity contribution in [3.63, 3.8) is 0 Å². The van der Waals surface area contributed by atoms with Crippen LogP contribution in [0, 0.1) is 0 Å². The summed E-state index contributed by atoms with van der Waals surface area (Å²) in [5.41, 5.74) is 1.44. The van der Waals surface area contributed by atoms with E-state index in [1.54, 1.807) is 0 Å². The van der Waals surface area contributed by atoms with Gasteiger partial charge < -0.3 is 5.11 Å². The number of aliphatic hydroxyl groups is 1. The Labute approximate surface area is 94.3 Å². The van der Waals surface area contributed by atoms with Crippen molar-refractivity contribution in [3.8, 4) is 0 Å². The van der Waals surface area contributed by atoms with Crippen molar-refractivity contribution in [3.05, 3.63) is 33.8 Å². The van der Waals surface area contributed by atoms with Gasteiger partial charge in [0.15, 0.2) is 0 Å². The highest BCUT2D eigenvalue weighted by atomic mass is 79.9. The molecule has 1 rings (SSSR count). The summed E-state index contributed by atoms with van der Waals surface area (Å²) in [6.45, 7) is 7.91. The summed E-state index contributed by atoms with van der Waals surface area (Å²) in [7, 11) is 0. The molecular weight excluding hydrogens is 240 g/mol. The van der Waals surface area contributed by atoms with Gasteiger partial charge in [0.2, 0.25) is 0 Å². The van der Waals surface area contributed by atoms with Crippen LogP contribution in [0.1, 0.15) is 44.7 Å².